The Morgan fingerprint density at radius 3 is 2.58 bits per heavy atom. The average Bonchev–Trinajstić information content (AvgIpc) is 2.95. The van der Waals surface area contributed by atoms with Crippen molar-refractivity contribution in [3.05, 3.63) is 70.4 Å². The van der Waals surface area contributed by atoms with Gasteiger partial charge >= 0.3 is 5.97 Å². The van der Waals surface area contributed by atoms with E-state index in [2.05, 4.69) is 4.99 Å². The number of hydrogen-bond donors (Lipinski definition) is 0. The predicted molar refractivity (Wildman–Crippen MR) is 94.3 cm³/mol. The van der Waals surface area contributed by atoms with Crippen LogP contribution in [-0.2, 0) is 16.0 Å². The molecule has 0 fully saturated rings. The van der Waals surface area contributed by atoms with Gasteiger partial charge in [0.2, 0.25) is 0 Å². The summed E-state index contributed by atoms with van der Waals surface area (Å²) in [5.41, 5.74) is 2.14. The molecule has 0 saturated carbocycles. The van der Waals surface area contributed by atoms with Crippen molar-refractivity contribution in [3.8, 4) is 5.75 Å². The number of nitrogens with zero attached hydrogens (tertiary/aromatic N) is 1. The molecule has 0 N–H and O–H groups in total. The summed E-state index contributed by atoms with van der Waals surface area (Å²) in [7, 11) is 1.63. The fraction of sp³-hybridized carbons (Fsp3) is 0.158. The molecule has 0 bridgehead atoms. The largest absolute Gasteiger partial charge is 0.497 e. The van der Waals surface area contributed by atoms with Crippen molar-refractivity contribution in [2.24, 2.45) is 4.99 Å². The van der Waals surface area contributed by atoms with E-state index in [0.717, 1.165) is 23.3 Å². The van der Waals surface area contributed by atoms with Crippen LogP contribution in [0.4, 0.5) is 0 Å². The molecule has 1 aliphatic rings. The van der Waals surface area contributed by atoms with Crippen LogP contribution in [0.5, 0.6) is 5.75 Å². The number of ether oxygens (including phenoxy) is 2. The molecule has 0 unspecified atom stereocenters. The third-order valence-electron chi connectivity index (χ3n) is 3.65. The van der Waals surface area contributed by atoms with E-state index in [1.807, 2.05) is 42.5 Å². The first kappa shape index (κ1) is 16.3. The van der Waals surface area contributed by atoms with Gasteiger partial charge in [-0.15, -0.1) is 0 Å². The summed E-state index contributed by atoms with van der Waals surface area (Å²) in [5, 5.41) is 0.569. The molecule has 4 nitrogen and oxygen atoms in total. The molecule has 3 rings (SSSR count). The van der Waals surface area contributed by atoms with Gasteiger partial charge in [-0.25, -0.2) is 9.79 Å². The maximum absolute atomic E-state index is 11.9. The number of carbonyl (C=O) groups excluding carboxylic acids is 1. The van der Waals surface area contributed by atoms with E-state index in [1.54, 1.807) is 19.3 Å². The van der Waals surface area contributed by atoms with Crippen molar-refractivity contribution in [2.75, 3.05) is 7.11 Å². The summed E-state index contributed by atoms with van der Waals surface area (Å²) in [6, 6.07) is 15.1. The van der Waals surface area contributed by atoms with Crippen molar-refractivity contribution in [2.45, 2.75) is 12.8 Å². The van der Waals surface area contributed by atoms with Crippen LogP contribution >= 0.6 is 11.6 Å². The Hall–Kier alpha value is -2.59. The van der Waals surface area contributed by atoms with Crippen LogP contribution in [0.3, 0.4) is 0 Å². The fourth-order valence-electron chi connectivity index (χ4n) is 2.34. The minimum atomic E-state index is -0.445. The number of esters is 1. The Morgan fingerprint density at radius 2 is 1.88 bits per heavy atom. The molecule has 5 heteroatoms. The van der Waals surface area contributed by atoms with E-state index in [1.165, 1.54) is 0 Å². The SMILES string of the molecule is COc1ccc(CCC2=N/C(=C\c3ccccc3Cl)C(=O)O2)cc1. The minimum absolute atomic E-state index is 0.271. The molecule has 1 heterocycles. The Kier molecular flexibility index (Phi) is 4.96. The van der Waals surface area contributed by atoms with Crippen molar-refractivity contribution >= 4 is 29.5 Å². The zero-order chi connectivity index (χ0) is 16.9. The average molecular weight is 342 g/mol. The second-order valence-corrected chi connectivity index (χ2v) is 5.70. The van der Waals surface area contributed by atoms with Gasteiger partial charge in [0.1, 0.15) is 5.75 Å². The lowest BCUT2D eigenvalue weighted by Gasteiger charge is -2.03. The Balaban J connectivity index is 1.69. The molecular weight excluding hydrogens is 326 g/mol. The first-order valence-electron chi connectivity index (χ1n) is 7.54. The quantitative estimate of drug-likeness (QED) is 0.602. The van der Waals surface area contributed by atoms with Crippen molar-refractivity contribution in [3.63, 3.8) is 0 Å². The smallest absolute Gasteiger partial charge is 0.363 e. The summed E-state index contributed by atoms with van der Waals surface area (Å²) in [6.07, 6.45) is 2.93. The van der Waals surface area contributed by atoms with E-state index in [0.29, 0.717) is 17.3 Å². The number of carbonyl (C=O) groups is 1. The van der Waals surface area contributed by atoms with Crippen molar-refractivity contribution < 1.29 is 14.3 Å². The van der Waals surface area contributed by atoms with Gasteiger partial charge in [0.25, 0.3) is 0 Å². The number of methoxy groups -OCH3 is 1. The molecule has 2 aromatic carbocycles. The Morgan fingerprint density at radius 1 is 1.12 bits per heavy atom. The van der Waals surface area contributed by atoms with Gasteiger partial charge in [0.05, 0.1) is 7.11 Å². The standard InChI is InChI=1S/C19H16ClNO3/c1-23-15-9-6-13(7-10-15)8-11-18-21-17(19(22)24-18)12-14-4-2-3-5-16(14)20/h2-7,9-10,12H,8,11H2,1H3/b17-12-. The lowest BCUT2D eigenvalue weighted by Crippen LogP contribution is -2.05. The summed E-state index contributed by atoms with van der Waals surface area (Å²) in [5.74, 6) is 0.794. The molecule has 0 radical (unpaired) electrons. The number of benzene rings is 2. The van der Waals surface area contributed by atoms with Crippen molar-refractivity contribution in [1.82, 2.24) is 0 Å². The Labute approximate surface area is 145 Å². The molecule has 0 atom stereocenters. The van der Waals surface area contributed by atoms with Crippen LogP contribution < -0.4 is 4.74 Å². The van der Waals surface area contributed by atoms with Gasteiger partial charge in [0, 0.05) is 11.4 Å². The Bertz CT molecular complexity index is 810. The zero-order valence-electron chi connectivity index (χ0n) is 13.2. The lowest BCUT2D eigenvalue weighted by atomic mass is 10.1. The molecule has 1 aliphatic heterocycles. The highest BCUT2D eigenvalue weighted by molar-refractivity contribution is 6.32. The van der Waals surface area contributed by atoms with Crippen LogP contribution in [0, 0.1) is 0 Å². The van der Waals surface area contributed by atoms with Crippen LogP contribution in [0.2, 0.25) is 5.02 Å². The molecule has 0 amide bonds. The highest BCUT2D eigenvalue weighted by atomic mass is 35.5. The molecule has 0 saturated heterocycles. The number of rotatable bonds is 5. The number of aryl methyl sites for hydroxylation is 1. The van der Waals surface area contributed by atoms with E-state index < -0.39 is 5.97 Å². The van der Waals surface area contributed by atoms with Gasteiger partial charge in [0.15, 0.2) is 11.6 Å². The molecular formula is C19H16ClNO3. The van der Waals surface area contributed by atoms with Gasteiger partial charge in [-0.05, 0) is 41.8 Å². The molecule has 0 aliphatic carbocycles. The predicted octanol–water partition coefficient (Wildman–Crippen LogP) is 4.28. The fourth-order valence-corrected chi connectivity index (χ4v) is 2.53. The number of halogens is 1. The summed E-state index contributed by atoms with van der Waals surface area (Å²) >= 11 is 6.10. The topological polar surface area (TPSA) is 47.9 Å². The van der Waals surface area contributed by atoms with Crippen molar-refractivity contribution in [1.29, 1.82) is 0 Å². The van der Waals surface area contributed by atoms with Crippen LogP contribution in [-0.4, -0.2) is 19.0 Å². The summed E-state index contributed by atoms with van der Waals surface area (Å²) < 4.78 is 10.4. The summed E-state index contributed by atoms with van der Waals surface area (Å²) in [6.45, 7) is 0. The highest BCUT2D eigenvalue weighted by Crippen LogP contribution is 2.22. The number of hydrogen-bond acceptors (Lipinski definition) is 4. The molecule has 2 aromatic rings. The highest BCUT2D eigenvalue weighted by Gasteiger charge is 2.22. The van der Waals surface area contributed by atoms with E-state index >= 15 is 0 Å². The molecule has 0 spiro atoms. The van der Waals surface area contributed by atoms with E-state index in [4.69, 9.17) is 21.1 Å². The second-order valence-electron chi connectivity index (χ2n) is 5.29. The summed E-state index contributed by atoms with van der Waals surface area (Å²) in [4.78, 5) is 16.2. The minimum Gasteiger partial charge on any atom is -0.497 e. The zero-order valence-corrected chi connectivity index (χ0v) is 13.9. The number of cyclic esters (lactones) is 1. The molecule has 24 heavy (non-hydrogen) atoms. The third-order valence-corrected chi connectivity index (χ3v) is 3.99. The van der Waals surface area contributed by atoms with Gasteiger partial charge in [-0.2, -0.15) is 0 Å². The van der Waals surface area contributed by atoms with Gasteiger partial charge in [-0.1, -0.05) is 41.9 Å². The van der Waals surface area contributed by atoms with Crippen LogP contribution in [0.1, 0.15) is 17.5 Å². The van der Waals surface area contributed by atoms with E-state index in [-0.39, 0.29) is 5.70 Å². The van der Waals surface area contributed by atoms with Gasteiger partial charge in [-0.3, -0.25) is 0 Å². The number of aliphatic imine (C=N–C) groups is 1. The first-order chi connectivity index (χ1) is 11.7. The lowest BCUT2D eigenvalue weighted by molar-refractivity contribution is -0.130. The molecule has 0 aromatic heterocycles. The van der Waals surface area contributed by atoms with Crippen LogP contribution in [0.25, 0.3) is 6.08 Å². The van der Waals surface area contributed by atoms with E-state index in [9.17, 15) is 4.79 Å². The first-order valence-corrected chi connectivity index (χ1v) is 7.92. The monoisotopic (exact) mass is 341 g/mol. The third kappa shape index (κ3) is 3.84. The molecule has 122 valence electrons. The van der Waals surface area contributed by atoms with Gasteiger partial charge < -0.3 is 9.47 Å². The maximum Gasteiger partial charge on any atom is 0.363 e. The van der Waals surface area contributed by atoms with Crippen LogP contribution in [0.15, 0.2) is 59.2 Å². The second kappa shape index (κ2) is 7.32. The normalized spacial score (nSPS) is 15.3. The maximum atomic E-state index is 11.9.